The van der Waals surface area contributed by atoms with E-state index in [0.29, 0.717) is 6.54 Å². The first-order chi connectivity index (χ1) is 4.52. The first-order valence-electron chi connectivity index (χ1n) is 3.32. The maximum Gasteiger partial charge on any atom is 0.393 e. The van der Waals surface area contributed by atoms with E-state index in [4.69, 9.17) is 0 Å². The van der Waals surface area contributed by atoms with E-state index in [2.05, 4.69) is 5.32 Å². The van der Waals surface area contributed by atoms with Gasteiger partial charge in [0.15, 0.2) is 0 Å². The highest BCUT2D eigenvalue weighted by Crippen LogP contribution is 2.33. The topological polar surface area (TPSA) is 12.0 Å². The van der Waals surface area contributed by atoms with Crippen molar-refractivity contribution in [1.29, 1.82) is 0 Å². The average molecular weight is 153 g/mol. The van der Waals surface area contributed by atoms with Crippen LogP contribution in [0, 0.1) is 5.92 Å². The molecule has 1 aliphatic rings. The average Bonchev–Trinajstić information content (AvgIpc) is 2.11. The van der Waals surface area contributed by atoms with Crippen molar-refractivity contribution < 1.29 is 13.2 Å². The first-order valence-corrected chi connectivity index (χ1v) is 3.32. The van der Waals surface area contributed by atoms with E-state index in [1.807, 2.05) is 0 Å². The molecule has 0 aromatic heterocycles. The van der Waals surface area contributed by atoms with E-state index < -0.39 is 18.1 Å². The lowest BCUT2D eigenvalue weighted by molar-refractivity contribution is -0.175. The van der Waals surface area contributed by atoms with Gasteiger partial charge in [-0.2, -0.15) is 13.2 Å². The maximum atomic E-state index is 12.0. The molecule has 60 valence electrons. The van der Waals surface area contributed by atoms with Crippen LogP contribution in [0.25, 0.3) is 0 Å². The van der Waals surface area contributed by atoms with Crippen molar-refractivity contribution in [2.24, 2.45) is 5.92 Å². The molecule has 0 saturated carbocycles. The molecule has 0 radical (unpaired) electrons. The van der Waals surface area contributed by atoms with Crippen LogP contribution in [0.2, 0.25) is 0 Å². The van der Waals surface area contributed by atoms with E-state index in [0.717, 1.165) is 0 Å². The number of nitrogens with one attached hydrogen (secondary N) is 1. The van der Waals surface area contributed by atoms with Gasteiger partial charge in [0.25, 0.3) is 0 Å². The van der Waals surface area contributed by atoms with Gasteiger partial charge in [0.05, 0.1) is 5.92 Å². The van der Waals surface area contributed by atoms with E-state index in [-0.39, 0.29) is 6.42 Å². The van der Waals surface area contributed by atoms with Crippen molar-refractivity contribution in [3.05, 3.63) is 0 Å². The van der Waals surface area contributed by atoms with Gasteiger partial charge < -0.3 is 5.32 Å². The Balaban J connectivity index is 2.55. The van der Waals surface area contributed by atoms with Crippen LogP contribution >= 0.6 is 0 Å². The molecular weight excluding hydrogens is 143 g/mol. The number of halogens is 3. The Hall–Kier alpha value is -0.250. The molecule has 0 aromatic carbocycles. The quantitative estimate of drug-likeness (QED) is 0.556. The maximum absolute atomic E-state index is 12.0. The Labute approximate surface area is 57.6 Å². The summed E-state index contributed by atoms with van der Waals surface area (Å²) in [5.74, 6) is -1.13. The zero-order valence-corrected chi connectivity index (χ0v) is 5.70. The minimum atomic E-state index is -4.01. The minimum absolute atomic E-state index is 0.227. The van der Waals surface area contributed by atoms with Crippen LogP contribution in [0.4, 0.5) is 13.2 Å². The van der Waals surface area contributed by atoms with Gasteiger partial charge in [0, 0.05) is 6.04 Å². The van der Waals surface area contributed by atoms with Gasteiger partial charge in [0.2, 0.25) is 0 Å². The van der Waals surface area contributed by atoms with E-state index in [9.17, 15) is 13.2 Å². The Morgan fingerprint density at radius 1 is 1.40 bits per heavy atom. The highest BCUT2D eigenvalue weighted by atomic mass is 19.4. The summed E-state index contributed by atoms with van der Waals surface area (Å²) in [5, 5.41) is 2.76. The van der Waals surface area contributed by atoms with E-state index in [1.54, 1.807) is 6.92 Å². The Bertz CT molecular complexity index is 121. The summed E-state index contributed by atoms with van der Waals surface area (Å²) in [6.07, 6.45) is -3.78. The molecule has 0 aliphatic carbocycles. The third-order valence-corrected chi connectivity index (χ3v) is 1.95. The molecule has 2 atom stereocenters. The lowest BCUT2D eigenvalue weighted by Gasteiger charge is -2.17. The van der Waals surface area contributed by atoms with Crippen LogP contribution in [0.1, 0.15) is 13.3 Å². The fourth-order valence-corrected chi connectivity index (χ4v) is 1.31. The minimum Gasteiger partial charge on any atom is -0.314 e. The van der Waals surface area contributed by atoms with Crippen LogP contribution < -0.4 is 5.32 Å². The Kier molecular flexibility index (Phi) is 1.90. The zero-order valence-electron chi connectivity index (χ0n) is 5.70. The molecule has 4 heteroatoms. The molecule has 10 heavy (non-hydrogen) atoms. The molecule has 0 aromatic rings. The van der Waals surface area contributed by atoms with Gasteiger partial charge >= 0.3 is 6.18 Å². The Morgan fingerprint density at radius 3 is 2.20 bits per heavy atom. The summed E-state index contributed by atoms with van der Waals surface area (Å²) in [6.45, 7) is 2.07. The van der Waals surface area contributed by atoms with E-state index in [1.165, 1.54) is 0 Å². The van der Waals surface area contributed by atoms with Crippen molar-refractivity contribution in [3.63, 3.8) is 0 Å². The summed E-state index contributed by atoms with van der Waals surface area (Å²) in [5.41, 5.74) is 0. The van der Waals surface area contributed by atoms with Gasteiger partial charge in [0.1, 0.15) is 0 Å². The number of hydrogen-bond donors (Lipinski definition) is 1. The predicted molar refractivity (Wildman–Crippen MR) is 31.6 cm³/mol. The van der Waals surface area contributed by atoms with Crippen molar-refractivity contribution in [2.75, 3.05) is 6.54 Å². The highest BCUT2D eigenvalue weighted by Gasteiger charge is 2.44. The second-order valence-electron chi connectivity index (χ2n) is 2.68. The molecule has 0 amide bonds. The van der Waals surface area contributed by atoms with Crippen molar-refractivity contribution in [3.8, 4) is 0 Å². The van der Waals surface area contributed by atoms with Crippen molar-refractivity contribution in [2.45, 2.75) is 25.6 Å². The van der Waals surface area contributed by atoms with Crippen LogP contribution in [0.15, 0.2) is 0 Å². The van der Waals surface area contributed by atoms with Gasteiger partial charge in [-0.25, -0.2) is 0 Å². The fourth-order valence-electron chi connectivity index (χ4n) is 1.31. The third-order valence-electron chi connectivity index (χ3n) is 1.95. The summed E-state index contributed by atoms with van der Waals surface area (Å²) >= 11 is 0. The molecule has 1 heterocycles. The van der Waals surface area contributed by atoms with Crippen LogP contribution in [0.5, 0.6) is 0 Å². The van der Waals surface area contributed by atoms with Gasteiger partial charge in [-0.15, -0.1) is 0 Å². The van der Waals surface area contributed by atoms with Crippen molar-refractivity contribution >= 4 is 0 Å². The molecule has 1 aliphatic heterocycles. The number of rotatable bonds is 0. The van der Waals surface area contributed by atoms with Crippen molar-refractivity contribution in [1.82, 2.24) is 5.32 Å². The Morgan fingerprint density at radius 2 is 2.00 bits per heavy atom. The summed E-state index contributed by atoms with van der Waals surface area (Å²) in [7, 11) is 0. The summed E-state index contributed by atoms with van der Waals surface area (Å²) in [4.78, 5) is 0. The smallest absolute Gasteiger partial charge is 0.314 e. The number of hydrogen-bond acceptors (Lipinski definition) is 1. The lowest BCUT2D eigenvalue weighted by Crippen LogP contribution is -2.32. The molecule has 1 N–H and O–H groups in total. The molecular formula is C6H10F3N. The summed E-state index contributed by atoms with van der Waals surface area (Å²) < 4.78 is 35.9. The summed E-state index contributed by atoms with van der Waals surface area (Å²) in [6, 6.07) is -0.403. The van der Waals surface area contributed by atoms with Gasteiger partial charge in [-0.1, -0.05) is 0 Å². The fraction of sp³-hybridized carbons (Fsp3) is 1.00. The van der Waals surface area contributed by atoms with Crippen LogP contribution in [-0.4, -0.2) is 18.8 Å². The van der Waals surface area contributed by atoms with Crippen LogP contribution in [0.3, 0.4) is 0 Å². The van der Waals surface area contributed by atoms with E-state index >= 15 is 0 Å². The molecule has 0 bridgehead atoms. The molecule has 0 spiro atoms. The standard InChI is InChI=1S/C6H10F3N/c1-4-5(2-3-10-4)6(7,8)9/h4-5,10H,2-3H2,1H3/t4-,5+/m0/s1. The first kappa shape index (κ1) is 7.85. The second-order valence-corrected chi connectivity index (χ2v) is 2.68. The predicted octanol–water partition coefficient (Wildman–Crippen LogP) is 1.55. The monoisotopic (exact) mass is 153 g/mol. The van der Waals surface area contributed by atoms with Crippen LogP contribution in [-0.2, 0) is 0 Å². The lowest BCUT2D eigenvalue weighted by atomic mass is 10.0. The molecule has 0 unspecified atom stereocenters. The highest BCUT2D eigenvalue weighted by molar-refractivity contribution is 4.84. The molecule has 1 nitrogen and oxygen atoms in total. The molecule has 1 fully saturated rings. The SMILES string of the molecule is C[C@@H]1NCC[C@H]1C(F)(F)F. The zero-order chi connectivity index (χ0) is 7.78. The second kappa shape index (κ2) is 2.42. The normalized spacial score (nSPS) is 34.8. The molecule has 1 rings (SSSR count). The number of alkyl halides is 3. The van der Waals surface area contributed by atoms with Gasteiger partial charge in [-0.3, -0.25) is 0 Å². The molecule has 1 saturated heterocycles. The largest absolute Gasteiger partial charge is 0.393 e. The third kappa shape index (κ3) is 1.42. The van der Waals surface area contributed by atoms with Gasteiger partial charge in [-0.05, 0) is 19.9 Å².